The predicted octanol–water partition coefficient (Wildman–Crippen LogP) is -0.505. The summed E-state index contributed by atoms with van der Waals surface area (Å²) in [7, 11) is 0. The van der Waals surface area contributed by atoms with Crippen molar-refractivity contribution in [2.75, 3.05) is 19.6 Å². The van der Waals surface area contributed by atoms with Crippen molar-refractivity contribution in [3.63, 3.8) is 0 Å². The molecular formula is C8H13N3O2. The first-order valence-electron chi connectivity index (χ1n) is 4.11. The van der Waals surface area contributed by atoms with Gasteiger partial charge in [0.1, 0.15) is 6.54 Å². The standard InChI is InChI=1S/C8H13N3O2/c1-3-11(4-2)8(13)7(12)10-6-5-9/h3-4,6H2,1-2H3,(H,10,12). The summed E-state index contributed by atoms with van der Waals surface area (Å²) in [6.07, 6.45) is 0. The van der Waals surface area contributed by atoms with Crippen LogP contribution in [-0.2, 0) is 9.59 Å². The zero-order valence-corrected chi connectivity index (χ0v) is 7.83. The van der Waals surface area contributed by atoms with Crippen LogP contribution in [0.15, 0.2) is 0 Å². The quantitative estimate of drug-likeness (QED) is 0.473. The van der Waals surface area contributed by atoms with Crippen LogP contribution in [0, 0.1) is 11.3 Å². The molecule has 0 saturated carbocycles. The Bertz CT molecular complexity index is 228. The van der Waals surface area contributed by atoms with Gasteiger partial charge in [-0.15, -0.1) is 0 Å². The molecule has 0 radical (unpaired) electrons. The van der Waals surface area contributed by atoms with Gasteiger partial charge in [-0.2, -0.15) is 5.26 Å². The van der Waals surface area contributed by atoms with Gasteiger partial charge in [-0.25, -0.2) is 0 Å². The highest BCUT2D eigenvalue weighted by Crippen LogP contribution is 1.88. The van der Waals surface area contributed by atoms with Crippen molar-refractivity contribution in [3.05, 3.63) is 0 Å². The van der Waals surface area contributed by atoms with Crippen LogP contribution in [0.3, 0.4) is 0 Å². The number of hydrogen-bond donors (Lipinski definition) is 1. The van der Waals surface area contributed by atoms with Crippen molar-refractivity contribution >= 4 is 11.8 Å². The van der Waals surface area contributed by atoms with E-state index in [0.29, 0.717) is 13.1 Å². The molecule has 0 aromatic carbocycles. The highest BCUT2D eigenvalue weighted by molar-refractivity contribution is 6.35. The van der Waals surface area contributed by atoms with E-state index in [0.717, 1.165) is 0 Å². The van der Waals surface area contributed by atoms with Crippen LogP contribution in [0.4, 0.5) is 0 Å². The van der Waals surface area contributed by atoms with Crippen LogP contribution in [0.1, 0.15) is 13.8 Å². The maximum atomic E-state index is 11.2. The molecule has 0 saturated heterocycles. The predicted molar refractivity (Wildman–Crippen MR) is 46.6 cm³/mol. The van der Waals surface area contributed by atoms with Crippen molar-refractivity contribution in [1.82, 2.24) is 10.2 Å². The number of nitriles is 1. The lowest BCUT2D eigenvalue weighted by atomic mass is 10.4. The van der Waals surface area contributed by atoms with Gasteiger partial charge in [0.2, 0.25) is 0 Å². The summed E-state index contributed by atoms with van der Waals surface area (Å²) in [5.41, 5.74) is 0. The summed E-state index contributed by atoms with van der Waals surface area (Å²) in [6.45, 7) is 4.44. The lowest BCUT2D eigenvalue weighted by molar-refractivity contribution is -0.145. The van der Waals surface area contributed by atoms with Crippen LogP contribution in [-0.4, -0.2) is 36.3 Å². The molecule has 0 heterocycles. The molecule has 5 nitrogen and oxygen atoms in total. The van der Waals surface area contributed by atoms with E-state index < -0.39 is 11.8 Å². The maximum Gasteiger partial charge on any atom is 0.311 e. The van der Waals surface area contributed by atoms with Gasteiger partial charge in [0.25, 0.3) is 0 Å². The third kappa shape index (κ3) is 3.56. The molecule has 0 atom stereocenters. The third-order valence-corrected chi connectivity index (χ3v) is 1.57. The molecule has 0 aromatic rings. The smallest absolute Gasteiger partial charge is 0.311 e. The Kier molecular flexibility index (Phi) is 5.28. The number of carbonyl (C=O) groups excluding carboxylic acids is 2. The van der Waals surface area contributed by atoms with Gasteiger partial charge < -0.3 is 10.2 Å². The first-order chi connectivity index (χ1) is 6.17. The Morgan fingerprint density at radius 3 is 2.31 bits per heavy atom. The molecule has 1 N–H and O–H groups in total. The maximum absolute atomic E-state index is 11.2. The fraction of sp³-hybridized carbons (Fsp3) is 0.625. The fourth-order valence-corrected chi connectivity index (χ4v) is 0.850. The van der Waals surface area contributed by atoms with E-state index in [2.05, 4.69) is 5.32 Å². The Labute approximate surface area is 77.3 Å². The van der Waals surface area contributed by atoms with Crippen molar-refractivity contribution in [2.45, 2.75) is 13.8 Å². The second-order valence-corrected chi connectivity index (χ2v) is 2.32. The van der Waals surface area contributed by atoms with Gasteiger partial charge in [-0.05, 0) is 13.8 Å². The molecule has 13 heavy (non-hydrogen) atoms. The van der Waals surface area contributed by atoms with Gasteiger partial charge in [-0.1, -0.05) is 0 Å². The Balaban J connectivity index is 4.09. The first-order valence-corrected chi connectivity index (χ1v) is 4.11. The normalized spacial score (nSPS) is 8.69. The molecule has 0 aromatic heterocycles. The largest absolute Gasteiger partial charge is 0.335 e. The molecule has 0 aliphatic heterocycles. The highest BCUT2D eigenvalue weighted by Gasteiger charge is 2.17. The van der Waals surface area contributed by atoms with Crippen molar-refractivity contribution in [1.29, 1.82) is 5.26 Å². The van der Waals surface area contributed by atoms with Gasteiger partial charge in [0.15, 0.2) is 0 Å². The second kappa shape index (κ2) is 6.00. The summed E-state index contributed by atoms with van der Waals surface area (Å²) < 4.78 is 0. The summed E-state index contributed by atoms with van der Waals surface area (Å²) in [5.74, 6) is -1.30. The number of nitrogens with one attached hydrogen (secondary N) is 1. The van der Waals surface area contributed by atoms with Crippen molar-refractivity contribution < 1.29 is 9.59 Å². The van der Waals surface area contributed by atoms with E-state index in [1.807, 2.05) is 0 Å². The first kappa shape index (κ1) is 11.4. The van der Waals surface area contributed by atoms with Crippen molar-refractivity contribution in [3.8, 4) is 6.07 Å². The number of likely N-dealkylation sites (N-methyl/N-ethyl adjacent to an activating group) is 1. The zero-order chi connectivity index (χ0) is 10.3. The summed E-state index contributed by atoms with van der Waals surface area (Å²) in [4.78, 5) is 23.6. The molecule has 0 spiro atoms. The van der Waals surface area contributed by atoms with Crippen LogP contribution in [0.25, 0.3) is 0 Å². The van der Waals surface area contributed by atoms with Crippen LogP contribution < -0.4 is 5.32 Å². The molecule has 2 amide bonds. The SMILES string of the molecule is CCN(CC)C(=O)C(=O)NCC#N. The summed E-state index contributed by atoms with van der Waals surface area (Å²) in [6, 6.07) is 1.73. The van der Waals surface area contributed by atoms with E-state index in [1.165, 1.54) is 4.90 Å². The average Bonchev–Trinajstić information content (AvgIpc) is 2.15. The van der Waals surface area contributed by atoms with Crippen molar-refractivity contribution in [2.24, 2.45) is 0 Å². The fourth-order valence-electron chi connectivity index (χ4n) is 0.850. The minimum absolute atomic E-state index is 0.133. The van der Waals surface area contributed by atoms with E-state index >= 15 is 0 Å². The van der Waals surface area contributed by atoms with E-state index in [9.17, 15) is 9.59 Å². The van der Waals surface area contributed by atoms with Gasteiger partial charge in [0, 0.05) is 13.1 Å². The van der Waals surface area contributed by atoms with Crippen LogP contribution >= 0.6 is 0 Å². The topological polar surface area (TPSA) is 73.2 Å². The molecule has 72 valence electrons. The molecular weight excluding hydrogens is 170 g/mol. The lowest BCUT2D eigenvalue weighted by Crippen LogP contribution is -2.42. The number of amides is 2. The summed E-state index contributed by atoms with van der Waals surface area (Å²) in [5, 5.41) is 10.4. The molecule has 0 rings (SSSR count). The minimum Gasteiger partial charge on any atom is -0.335 e. The van der Waals surface area contributed by atoms with Crippen LogP contribution in [0.2, 0.25) is 0 Å². The molecule has 0 unspecified atom stereocenters. The average molecular weight is 183 g/mol. The molecule has 5 heteroatoms. The van der Waals surface area contributed by atoms with Gasteiger partial charge in [-0.3, -0.25) is 9.59 Å². The van der Waals surface area contributed by atoms with Gasteiger partial charge >= 0.3 is 11.8 Å². The number of hydrogen-bond acceptors (Lipinski definition) is 3. The zero-order valence-electron chi connectivity index (χ0n) is 7.83. The number of carbonyl (C=O) groups is 2. The molecule has 0 aliphatic rings. The monoisotopic (exact) mass is 183 g/mol. The Hall–Kier alpha value is -1.57. The third-order valence-electron chi connectivity index (χ3n) is 1.57. The number of nitrogens with zero attached hydrogens (tertiary/aromatic N) is 2. The van der Waals surface area contributed by atoms with Gasteiger partial charge in [0.05, 0.1) is 6.07 Å². The summed E-state index contributed by atoms with van der Waals surface area (Å²) >= 11 is 0. The minimum atomic E-state index is -0.717. The lowest BCUT2D eigenvalue weighted by Gasteiger charge is -2.16. The van der Waals surface area contributed by atoms with E-state index in [-0.39, 0.29) is 6.54 Å². The highest BCUT2D eigenvalue weighted by atomic mass is 16.2. The molecule has 0 aliphatic carbocycles. The van der Waals surface area contributed by atoms with E-state index in [1.54, 1.807) is 19.9 Å². The molecule has 0 bridgehead atoms. The second-order valence-electron chi connectivity index (χ2n) is 2.32. The molecule has 0 fully saturated rings. The van der Waals surface area contributed by atoms with E-state index in [4.69, 9.17) is 5.26 Å². The Morgan fingerprint density at radius 2 is 1.92 bits per heavy atom. The Morgan fingerprint density at radius 1 is 1.38 bits per heavy atom. The number of rotatable bonds is 3. The van der Waals surface area contributed by atoms with Crippen LogP contribution in [0.5, 0.6) is 0 Å².